The fourth-order valence-electron chi connectivity index (χ4n) is 3.82. The Bertz CT molecular complexity index is 668. The van der Waals surface area contributed by atoms with Gasteiger partial charge in [-0.2, -0.15) is 0 Å². The van der Waals surface area contributed by atoms with Crippen LogP contribution in [0.15, 0.2) is 24.3 Å². The number of carbonyl (C=O) groups excluding carboxylic acids is 2. The molecular weight excluding hydrogens is 342 g/mol. The fraction of sp³-hybridized carbons (Fsp3) is 0.619. The van der Waals surface area contributed by atoms with Crippen molar-refractivity contribution in [3.8, 4) is 5.75 Å². The van der Waals surface area contributed by atoms with E-state index in [0.717, 1.165) is 50.6 Å². The Kier molecular flexibility index (Phi) is 6.37. The second kappa shape index (κ2) is 8.74. The van der Waals surface area contributed by atoms with Crippen LogP contribution < -0.4 is 9.64 Å². The minimum Gasteiger partial charge on any atom is -0.489 e. The number of hydrogen-bond acceptors (Lipinski definition) is 5. The van der Waals surface area contributed by atoms with Gasteiger partial charge in [-0.15, -0.1) is 0 Å². The minimum absolute atomic E-state index is 0.00780. The molecule has 2 aliphatic rings. The number of hydrogen-bond donors (Lipinski definition) is 0. The predicted octanol–water partition coefficient (Wildman–Crippen LogP) is 2.38. The van der Waals surface area contributed by atoms with Crippen LogP contribution >= 0.6 is 0 Å². The molecule has 148 valence electrons. The number of amides is 2. The first-order valence-corrected chi connectivity index (χ1v) is 10.0. The van der Waals surface area contributed by atoms with E-state index in [4.69, 9.17) is 4.74 Å². The quantitative estimate of drug-likeness (QED) is 0.687. The number of ether oxygens (including phenoxy) is 1. The summed E-state index contributed by atoms with van der Waals surface area (Å²) in [5.41, 5.74) is 1.16. The Hall–Kier alpha value is -2.08. The van der Waals surface area contributed by atoms with Crippen molar-refractivity contribution in [1.82, 2.24) is 9.80 Å². The van der Waals surface area contributed by atoms with E-state index >= 15 is 0 Å². The van der Waals surface area contributed by atoms with E-state index in [1.165, 1.54) is 4.90 Å². The number of para-hydroxylation sites is 2. The zero-order valence-electron chi connectivity index (χ0n) is 16.7. The molecule has 6 nitrogen and oxygen atoms in total. The number of carbonyl (C=O) groups is 2. The summed E-state index contributed by atoms with van der Waals surface area (Å²) in [5, 5.41) is 0. The van der Waals surface area contributed by atoms with Crippen molar-refractivity contribution in [3.63, 3.8) is 0 Å². The number of benzene rings is 1. The van der Waals surface area contributed by atoms with E-state index in [0.29, 0.717) is 13.0 Å². The Morgan fingerprint density at radius 2 is 1.78 bits per heavy atom. The van der Waals surface area contributed by atoms with Gasteiger partial charge < -0.3 is 9.64 Å². The summed E-state index contributed by atoms with van der Waals surface area (Å²) in [6.45, 7) is 11.3. The van der Waals surface area contributed by atoms with E-state index < -0.39 is 0 Å². The van der Waals surface area contributed by atoms with Gasteiger partial charge in [0, 0.05) is 45.1 Å². The summed E-state index contributed by atoms with van der Waals surface area (Å²) < 4.78 is 5.95. The maximum atomic E-state index is 12.0. The molecule has 27 heavy (non-hydrogen) atoms. The van der Waals surface area contributed by atoms with Crippen molar-refractivity contribution < 1.29 is 14.3 Å². The van der Waals surface area contributed by atoms with E-state index in [1.807, 2.05) is 32.9 Å². The third-order valence-electron chi connectivity index (χ3n) is 5.27. The van der Waals surface area contributed by atoms with Crippen molar-refractivity contribution in [2.24, 2.45) is 5.92 Å². The summed E-state index contributed by atoms with van der Waals surface area (Å²) in [6, 6.07) is 8.23. The number of anilines is 1. The molecule has 0 aromatic heterocycles. The van der Waals surface area contributed by atoms with E-state index in [9.17, 15) is 9.59 Å². The highest BCUT2D eigenvalue weighted by Crippen LogP contribution is 2.29. The van der Waals surface area contributed by atoms with Crippen molar-refractivity contribution in [2.45, 2.75) is 39.7 Å². The van der Waals surface area contributed by atoms with Crippen LogP contribution in [0.5, 0.6) is 5.75 Å². The molecule has 0 spiro atoms. The summed E-state index contributed by atoms with van der Waals surface area (Å²) in [4.78, 5) is 30.1. The van der Waals surface area contributed by atoms with Gasteiger partial charge >= 0.3 is 0 Å². The van der Waals surface area contributed by atoms with Crippen LogP contribution in [0.2, 0.25) is 0 Å². The topological polar surface area (TPSA) is 53.1 Å². The lowest BCUT2D eigenvalue weighted by atomic mass is 10.1. The maximum absolute atomic E-state index is 12.0. The molecule has 2 saturated heterocycles. The normalized spacial score (nSPS) is 21.4. The lowest BCUT2D eigenvalue weighted by molar-refractivity contribution is -0.139. The standard InChI is InChI=1S/C21H31N3O3/c1-16(2)27-19-8-5-4-7-18(19)23-13-11-22(12-14-23)9-6-10-24-20(25)15-17(3)21(24)26/h4-5,7-8,16-17H,6,9-15H2,1-3H3. The number of piperazine rings is 1. The zero-order valence-corrected chi connectivity index (χ0v) is 16.7. The molecule has 1 aromatic rings. The second-order valence-corrected chi connectivity index (χ2v) is 7.81. The number of rotatable bonds is 7. The molecule has 6 heteroatoms. The molecule has 0 saturated carbocycles. The largest absolute Gasteiger partial charge is 0.489 e. The second-order valence-electron chi connectivity index (χ2n) is 7.81. The van der Waals surface area contributed by atoms with Crippen molar-refractivity contribution in [2.75, 3.05) is 44.2 Å². The van der Waals surface area contributed by atoms with Gasteiger partial charge in [0.1, 0.15) is 5.75 Å². The Morgan fingerprint density at radius 3 is 2.41 bits per heavy atom. The average molecular weight is 373 g/mol. The SMILES string of the molecule is CC(C)Oc1ccccc1N1CCN(CCCN2C(=O)CC(C)C2=O)CC1. The number of likely N-dealkylation sites (tertiary alicyclic amines) is 1. The molecule has 0 bridgehead atoms. The summed E-state index contributed by atoms with van der Waals surface area (Å²) in [5.74, 6) is 0.779. The first-order chi connectivity index (χ1) is 13.0. The smallest absolute Gasteiger partial charge is 0.232 e. The van der Waals surface area contributed by atoms with Crippen LogP contribution in [0.3, 0.4) is 0 Å². The van der Waals surface area contributed by atoms with Gasteiger partial charge in [0.2, 0.25) is 11.8 Å². The third-order valence-corrected chi connectivity index (χ3v) is 5.27. The molecule has 0 N–H and O–H groups in total. The van der Waals surface area contributed by atoms with Gasteiger partial charge in [-0.3, -0.25) is 19.4 Å². The molecule has 1 atom stereocenters. The summed E-state index contributed by atoms with van der Waals surface area (Å²) in [7, 11) is 0. The van der Waals surface area contributed by atoms with E-state index in [2.05, 4.69) is 21.9 Å². The highest BCUT2D eigenvalue weighted by molar-refractivity contribution is 6.03. The number of nitrogens with zero attached hydrogens (tertiary/aromatic N) is 3. The highest BCUT2D eigenvalue weighted by atomic mass is 16.5. The maximum Gasteiger partial charge on any atom is 0.232 e. The van der Waals surface area contributed by atoms with Crippen LogP contribution in [-0.4, -0.2) is 67.0 Å². The monoisotopic (exact) mass is 373 g/mol. The molecule has 0 radical (unpaired) electrons. The fourth-order valence-corrected chi connectivity index (χ4v) is 3.82. The molecule has 2 fully saturated rings. The molecule has 1 aromatic carbocycles. The van der Waals surface area contributed by atoms with Gasteiger partial charge in [-0.1, -0.05) is 19.1 Å². The van der Waals surface area contributed by atoms with Crippen LogP contribution in [0.25, 0.3) is 0 Å². The van der Waals surface area contributed by atoms with Crippen LogP contribution in [-0.2, 0) is 9.59 Å². The predicted molar refractivity (Wildman–Crippen MR) is 106 cm³/mol. The van der Waals surface area contributed by atoms with Gasteiger partial charge in [-0.25, -0.2) is 0 Å². The molecule has 3 rings (SSSR count). The van der Waals surface area contributed by atoms with Crippen molar-refractivity contribution in [1.29, 1.82) is 0 Å². The molecule has 0 aliphatic carbocycles. The Balaban J connectivity index is 1.46. The molecule has 1 unspecified atom stereocenters. The Morgan fingerprint density at radius 1 is 1.07 bits per heavy atom. The molecule has 2 heterocycles. The van der Waals surface area contributed by atoms with Gasteiger partial charge in [0.05, 0.1) is 11.8 Å². The molecule has 2 amide bonds. The summed E-state index contributed by atoms with van der Waals surface area (Å²) in [6.07, 6.45) is 1.37. The van der Waals surface area contributed by atoms with Crippen LogP contribution in [0.4, 0.5) is 5.69 Å². The Labute approximate surface area is 162 Å². The molecule has 2 aliphatic heterocycles. The lowest BCUT2D eigenvalue weighted by Crippen LogP contribution is -2.47. The summed E-state index contributed by atoms with van der Waals surface area (Å²) >= 11 is 0. The van der Waals surface area contributed by atoms with Gasteiger partial charge in [0.15, 0.2) is 0 Å². The zero-order chi connectivity index (χ0) is 19.4. The highest BCUT2D eigenvalue weighted by Gasteiger charge is 2.35. The van der Waals surface area contributed by atoms with E-state index in [1.54, 1.807) is 0 Å². The first-order valence-electron chi connectivity index (χ1n) is 10.0. The lowest BCUT2D eigenvalue weighted by Gasteiger charge is -2.37. The number of imide groups is 1. The first kappa shape index (κ1) is 19.7. The van der Waals surface area contributed by atoms with Crippen LogP contribution in [0, 0.1) is 5.92 Å². The minimum atomic E-state index is -0.144. The van der Waals surface area contributed by atoms with Gasteiger partial charge in [-0.05, 0) is 38.9 Å². The van der Waals surface area contributed by atoms with E-state index in [-0.39, 0.29) is 23.8 Å². The van der Waals surface area contributed by atoms with Gasteiger partial charge in [0.25, 0.3) is 0 Å². The third kappa shape index (κ3) is 4.80. The van der Waals surface area contributed by atoms with Crippen molar-refractivity contribution >= 4 is 17.5 Å². The molecular formula is C21H31N3O3. The van der Waals surface area contributed by atoms with Crippen LogP contribution in [0.1, 0.15) is 33.6 Å². The average Bonchev–Trinajstić information content (AvgIpc) is 2.88. The van der Waals surface area contributed by atoms with Crippen molar-refractivity contribution in [3.05, 3.63) is 24.3 Å².